The molecule has 0 saturated carbocycles. The summed E-state index contributed by atoms with van der Waals surface area (Å²) in [6, 6.07) is 15.3. The third-order valence-corrected chi connectivity index (χ3v) is 4.22. The molecule has 3 rings (SSSR count). The van der Waals surface area contributed by atoms with Crippen LogP contribution < -0.4 is 9.47 Å². The normalized spacial score (nSPS) is 16.4. The first-order chi connectivity index (χ1) is 11.8. The van der Waals surface area contributed by atoms with Gasteiger partial charge in [0.25, 0.3) is 12.5 Å². The lowest BCUT2D eigenvalue weighted by atomic mass is 9.83. The molecule has 2 aromatic rings. The summed E-state index contributed by atoms with van der Waals surface area (Å²) in [5.74, 6) is 1.48. The lowest BCUT2D eigenvalue weighted by molar-refractivity contribution is 0.506. The summed E-state index contributed by atoms with van der Waals surface area (Å²) < 4.78 is 9.65. The third-order valence-electron chi connectivity index (χ3n) is 4.22. The minimum absolute atomic E-state index is 0.361. The predicted octanol–water partition coefficient (Wildman–Crippen LogP) is 4.76. The van der Waals surface area contributed by atoms with Crippen LogP contribution in [0.1, 0.15) is 36.3 Å². The molecule has 0 N–H and O–H groups in total. The van der Waals surface area contributed by atoms with Crippen LogP contribution in [0.4, 0.5) is 0 Å². The van der Waals surface area contributed by atoms with E-state index in [-0.39, 0.29) is 0 Å². The van der Waals surface area contributed by atoms with Crippen molar-refractivity contribution >= 4 is 5.57 Å². The van der Waals surface area contributed by atoms with Crippen LogP contribution in [-0.2, 0) is 0 Å². The topological polar surface area (TPSA) is 66.0 Å². The quantitative estimate of drug-likeness (QED) is 0.763. The van der Waals surface area contributed by atoms with Gasteiger partial charge in [0, 0.05) is 5.92 Å². The van der Waals surface area contributed by atoms with Crippen molar-refractivity contribution in [1.82, 2.24) is 0 Å². The number of rotatable bonds is 4. The first-order valence-corrected chi connectivity index (χ1v) is 7.83. The van der Waals surface area contributed by atoms with Crippen molar-refractivity contribution in [3.05, 3.63) is 65.7 Å². The van der Waals surface area contributed by atoms with E-state index in [0.717, 1.165) is 24.8 Å². The van der Waals surface area contributed by atoms with Crippen molar-refractivity contribution in [2.45, 2.75) is 25.2 Å². The van der Waals surface area contributed by atoms with E-state index in [1.54, 1.807) is 12.5 Å². The van der Waals surface area contributed by atoms with E-state index in [4.69, 9.17) is 20.0 Å². The van der Waals surface area contributed by atoms with E-state index in [9.17, 15) is 0 Å². The number of ether oxygens (including phenoxy) is 2. The third kappa shape index (κ3) is 3.56. The molecule has 0 aromatic heterocycles. The van der Waals surface area contributed by atoms with Gasteiger partial charge in [0.15, 0.2) is 0 Å². The highest BCUT2D eigenvalue weighted by molar-refractivity contribution is 5.68. The smallest absolute Gasteiger partial charge is 0.292 e. The second-order valence-electron chi connectivity index (χ2n) is 5.67. The summed E-state index contributed by atoms with van der Waals surface area (Å²) in [5.41, 5.74) is 3.70. The largest absolute Gasteiger partial charge is 0.388 e. The van der Waals surface area contributed by atoms with Gasteiger partial charge in [-0.05, 0) is 60.2 Å². The van der Waals surface area contributed by atoms with E-state index in [0.29, 0.717) is 17.4 Å². The Morgan fingerprint density at radius 1 is 0.833 bits per heavy atom. The van der Waals surface area contributed by atoms with Gasteiger partial charge >= 0.3 is 0 Å². The number of benzene rings is 2. The average molecular weight is 316 g/mol. The first kappa shape index (κ1) is 15.6. The van der Waals surface area contributed by atoms with E-state index in [1.165, 1.54) is 11.1 Å². The lowest BCUT2D eigenvalue weighted by Crippen LogP contribution is -2.03. The Balaban J connectivity index is 1.80. The molecular weight excluding hydrogens is 300 g/mol. The number of nitriles is 2. The Labute approximate surface area is 141 Å². The molecule has 1 unspecified atom stereocenters. The average Bonchev–Trinajstić information content (AvgIpc) is 2.64. The van der Waals surface area contributed by atoms with Crippen LogP contribution in [0, 0.1) is 23.0 Å². The lowest BCUT2D eigenvalue weighted by Gasteiger charge is -2.22. The van der Waals surface area contributed by atoms with Crippen LogP contribution in [0.25, 0.3) is 5.57 Å². The molecule has 24 heavy (non-hydrogen) atoms. The van der Waals surface area contributed by atoms with Crippen LogP contribution in [0.3, 0.4) is 0 Å². The molecule has 0 saturated heterocycles. The van der Waals surface area contributed by atoms with Crippen LogP contribution in [0.2, 0.25) is 0 Å². The van der Waals surface area contributed by atoms with E-state index in [1.807, 2.05) is 48.5 Å². The highest BCUT2D eigenvalue weighted by Gasteiger charge is 2.16. The number of hydrogen-bond donors (Lipinski definition) is 0. The van der Waals surface area contributed by atoms with Crippen molar-refractivity contribution in [2.24, 2.45) is 0 Å². The molecule has 1 aliphatic carbocycles. The number of nitrogens with zero attached hydrogens (tertiary/aromatic N) is 2. The van der Waals surface area contributed by atoms with Gasteiger partial charge in [0.05, 0.1) is 0 Å². The SMILES string of the molecule is N#COc1ccc(C2=CC(c3ccc(OC#N)cc3)CCC2)cc1. The van der Waals surface area contributed by atoms with Crippen molar-refractivity contribution < 1.29 is 9.47 Å². The van der Waals surface area contributed by atoms with Crippen molar-refractivity contribution in [3.63, 3.8) is 0 Å². The van der Waals surface area contributed by atoms with Gasteiger partial charge in [-0.15, -0.1) is 10.5 Å². The van der Waals surface area contributed by atoms with Gasteiger partial charge in [0.1, 0.15) is 11.5 Å². The summed E-state index contributed by atoms with van der Waals surface area (Å²) in [6.07, 6.45) is 8.96. The van der Waals surface area contributed by atoms with E-state index in [2.05, 4.69) is 6.08 Å². The van der Waals surface area contributed by atoms with E-state index < -0.39 is 0 Å². The maximum absolute atomic E-state index is 8.54. The number of hydrogen-bond acceptors (Lipinski definition) is 4. The number of allylic oxidation sites excluding steroid dienone is 2. The molecule has 0 fully saturated rings. The summed E-state index contributed by atoms with van der Waals surface area (Å²) in [6.45, 7) is 0. The van der Waals surface area contributed by atoms with Crippen molar-refractivity contribution in [2.75, 3.05) is 0 Å². The van der Waals surface area contributed by atoms with Gasteiger partial charge < -0.3 is 9.47 Å². The Kier molecular flexibility index (Phi) is 4.79. The van der Waals surface area contributed by atoms with Crippen LogP contribution in [-0.4, -0.2) is 0 Å². The second-order valence-corrected chi connectivity index (χ2v) is 5.67. The Hall–Kier alpha value is -3.24. The standard InChI is InChI=1S/C20H16N2O2/c21-13-23-19-8-4-15(5-9-19)17-2-1-3-18(12-17)16-6-10-20(11-7-16)24-14-22/h4-12,17H,1-3H2. The van der Waals surface area contributed by atoms with Gasteiger partial charge in [-0.2, -0.15) is 0 Å². The molecule has 2 aromatic carbocycles. The van der Waals surface area contributed by atoms with Gasteiger partial charge in [-0.25, -0.2) is 0 Å². The molecule has 0 bridgehead atoms. The molecule has 1 atom stereocenters. The molecule has 4 nitrogen and oxygen atoms in total. The molecule has 1 aliphatic rings. The van der Waals surface area contributed by atoms with E-state index >= 15 is 0 Å². The Morgan fingerprint density at radius 3 is 2.00 bits per heavy atom. The minimum Gasteiger partial charge on any atom is -0.388 e. The zero-order valence-corrected chi connectivity index (χ0v) is 13.1. The van der Waals surface area contributed by atoms with Crippen LogP contribution >= 0.6 is 0 Å². The zero-order valence-electron chi connectivity index (χ0n) is 13.1. The van der Waals surface area contributed by atoms with Crippen LogP contribution in [0.5, 0.6) is 11.5 Å². The Morgan fingerprint density at radius 2 is 1.42 bits per heavy atom. The molecule has 0 aliphatic heterocycles. The molecule has 0 heterocycles. The highest BCUT2D eigenvalue weighted by Crippen LogP contribution is 2.36. The van der Waals surface area contributed by atoms with Gasteiger partial charge in [0.2, 0.25) is 0 Å². The van der Waals surface area contributed by atoms with Gasteiger partial charge in [-0.3, -0.25) is 0 Å². The minimum atomic E-state index is 0.361. The zero-order chi connectivity index (χ0) is 16.8. The maximum atomic E-state index is 8.54. The molecule has 0 amide bonds. The fourth-order valence-electron chi connectivity index (χ4n) is 3.05. The van der Waals surface area contributed by atoms with Gasteiger partial charge in [-0.1, -0.05) is 30.3 Å². The molecular formula is C20H16N2O2. The maximum Gasteiger partial charge on any atom is 0.292 e. The summed E-state index contributed by atoms with van der Waals surface area (Å²) in [5, 5.41) is 17.1. The van der Waals surface area contributed by atoms with Crippen molar-refractivity contribution in [1.29, 1.82) is 10.5 Å². The Bertz CT molecular complexity index is 809. The second kappa shape index (κ2) is 7.35. The van der Waals surface area contributed by atoms with Crippen molar-refractivity contribution in [3.8, 4) is 24.0 Å². The highest BCUT2D eigenvalue weighted by atomic mass is 16.5. The fourth-order valence-corrected chi connectivity index (χ4v) is 3.05. The molecule has 4 heteroatoms. The summed E-state index contributed by atoms with van der Waals surface area (Å²) >= 11 is 0. The summed E-state index contributed by atoms with van der Waals surface area (Å²) in [4.78, 5) is 0. The molecule has 0 radical (unpaired) electrons. The van der Waals surface area contributed by atoms with Crippen LogP contribution in [0.15, 0.2) is 54.6 Å². The molecule has 118 valence electrons. The first-order valence-electron chi connectivity index (χ1n) is 7.83. The fraction of sp³-hybridized carbons (Fsp3) is 0.200. The molecule has 0 spiro atoms. The summed E-state index contributed by atoms with van der Waals surface area (Å²) in [7, 11) is 0. The predicted molar refractivity (Wildman–Crippen MR) is 89.9 cm³/mol. The monoisotopic (exact) mass is 316 g/mol.